The fraction of sp³-hybridized carbons (Fsp3) is 0.143. The molecule has 1 amide bonds. The van der Waals surface area contributed by atoms with Crippen molar-refractivity contribution in [1.29, 1.82) is 0 Å². The standard InChI is InChI=1S/C7H6ClIN2O/c1-4(12)11-5-2-3-10-7(8)6(5)9/h2-3H,1H3,(H,10,11,12). The number of nitrogens with zero attached hydrogens (tertiary/aromatic N) is 1. The van der Waals surface area contributed by atoms with Crippen molar-refractivity contribution >= 4 is 45.8 Å². The second-order valence-corrected chi connectivity index (χ2v) is 3.58. The highest BCUT2D eigenvalue weighted by molar-refractivity contribution is 14.1. The minimum atomic E-state index is -0.116. The molecule has 5 heteroatoms. The summed E-state index contributed by atoms with van der Waals surface area (Å²) in [6.45, 7) is 1.45. The van der Waals surface area contributed by atoms with Crippen LogP contribution in [0.25, 0.3) is 0 Å². The molecular weight excluding hydrogens is 290 g/mol. The lowest BCUT2D eigenvalue weighted by Gasteiger charge is -2.04. The van der Waals surface area contributed by atoms with Crippen molar-refractivity contribution in [2.45, 2.75) is 6.92 Å². The Bertz CT molecular complexity index is 316. The third-order valence-corrected chi connectivity index (χ3v) is 2.85. The maximum absolute atomic E-state index is 10.7. The van der Waals surface area contributed by atoms with E-state index in [1.165, 1.54) is 6.92 Å². The van der Waals surface area contributed by atoms with Gasteiger partial charge in [0.25, 0.3) is 0 Å². The van der Waals surface area contributed by atoms with Crippen LogP contribution in [0, 0.1) is 3.57 Å². The van der Waals surface area contributed by atoms with Crippen LogP contribution in [0.2, 0.25) is 5.15 Å². The van der Waals surface area contributed by atoms with Crippen molar-refractivity contribution in [2.24, 2.45) is 0 Å². The van der Waals surface area contributed by atoms with Crippen LogP contribution in [-0.2, 0) is 4.79 Å². The lowest BCUT2D eigenvalue weighted by molar-refractivity contribution is -0.114. The van der Waals surface area contributed by atoms with Crippen LogP contribution in [-0.4, -0.2) is 10.9 Å². The smallest absolute Gasteiger partial charge is 0.221 e. The first-order chi connectivity index (χ1) is 5.61. The van der Waals surface area contributed by atoms with Gasteiger partial charge in [0.2, 0.25) is 5.91 Å². The van der Waals surface area contributed by atoms with E-state index in [9.17, 15) is 4.79 Å². The highest BCUT2D eigenvalue weighted by Crippen LogP contribution is 2.23. The lowest BCUT2D eigenvalue weighted by atomic mass is 10.4. The number of aromatic nitrogens is 1. The zero-order chi connectivity index (χ0) is 9.14. The fourth-order valence-electron chi connectivity index (χ4n) is 0.704. The first-order valence-corrected chi connectivity index (χ1v) is 4.64. The molecule has 0 radical (unpaired) electrons. The normalized spacial score (nSPS) is 9.58. The number of carbonyl (C=O) groups is 1. The quantitative estimate of drug-likeness (QED) is 0.638. The van der Waals surface area contributed by atoms with Crippen LogP contribution in [0.1, 0.15) is 6.92 Å². The van der Waals surface area contributed by atoms with Gasteiger partial charge in [0.15, 0.2) is 0 Å². The first kappa shape index (κ1) is 9.73. The van der Waals surface area contributed by atoms with Crippen molar-refractivity contribution in [3.63, 3.8) is 0 Å². The van der Waals surface area contributed by atoms with Gasteiger partial charge in [-0.05, 0) is 28.7 Å². The molecule has 1 N–H and O–H groups in total. The van der Waals surface area contributed by atoms with E-state index in [0.717, 1.165) is 3.57 Å². The summed E-state index contributed by atoms with van der Waals surface area (Å²) < 4.78 is 0.756. The Labute approximate surface area is 88.7 Å². The van der Waals surface area contributed by atoms with E-state index in [4.69, 9.17) is 11.6 Å². The first-order valence-electron chi connectivity index (χ1n) is 3.19. The van der Waals surface area contributed by atoms with Crippen molar-refractivity contribution in [3.05, 3.63) is 21.0 Å². The average molecular weight is 296 g/mol. The number of pyridine rings is 1. The number of rotatable bonds is 1. The van der Waals surface area contributed by atoms with Gasteiger partial charge < -0.3 is 5.32 Å². The van der Waals surface area contributed by atoms with E-state index < -0.39 is 0 Å². The van der Waals surface area contributed by atoms with Crippen molar-refractivity contribution < 1.29 is 4.79 Å². The topological polar surface area (TPSA) is 42.0 Å². The molecule has 12 heavy (non-hydrogen) atoms. The van der Waals surface area contributed by atoms with E-state index in [-0.39, 0.29) is 5.91 Å². The molecule has 0 saturated heterocycles. The highest BCUT2D eigenvalue weighted by Gasteiger charge is 2.04. The largest absolute Gasteiger partial charge is 0.325 e. The molecule has 0 bridgehead atoms. The van der Waals surface area contributed by atoms with Crippen molar-refractivity contribution in [3.8, 4) is 0 Å². The van der Waals surface area contributed by atoms with Gasteiger partial charge in [0.05, 0.1) is 9.26 Å². The molecule has 0 unspecified atom stereocenters. The second-order valence-electron chi connectivity index (χ2n) is 2.14. The summed E-state index contributed by atoms with van der Waals surface area (Å²) in [7, 11) is 0. The van der Waals surface area contributed by atoms with Gasteiger partial charge in [0, 0.05) is 13.1 Å². The molecule has 0 atom stereocenters. The monoisotopic (exact) mass is 296 g/mol. The summed E-state index contributed by atoms with van der Waals surface area (Å²) in [4.78, 5) is 14.6. The summed E-state index contributed by atoms with van der Waals surface area (Å²) in [5.41, 5.74) is 0.697. The predicted octanol–water partition coefficient (Wildman–Crippen LogP) is 2.30. The third kappa shape index (κ3) is 2.31. The second kappa shape index (κ2) is 4.04. The molecule has 3 nitrogen and oxygen atoms in total. The van der Waals surface area contributed by atoms with Crippen molar-refractivity contribution in [2.75, 3.05) is 5.32 Å². The Morgan fingerprint density at radius 2 is 2.42 bits per heavy atom. The number of halogens is 2. The predicted molar refractivity (Wildman–Crippen MR) is 56.3 cm³/mol. The van der Waals surface area contributed by atoms with E-state index in [0.29, 0.717) is 10.8 Å². The van der Waals surface area contributed by atoms with Gasteiger partial charge in [-0.3, -0.25) is 4.79 Å². The highest BCUT2D eigenvalue weighted by atomic mass is 127. The Hall–Kier alpha value is -0.360. The van der Waals surface area contributed by atoms with Crippen LogP contribution in [0.3, 0.4) is 0 Å². The molecule has 0 aromatic carbocycles. The van der Waals surface area contributed by atoms with E-state index in [1.807, 2.05) is 22.6 Å². The van der Waals surface area contributed by atoms with E-state index in [1.54, 1.807) is 12.3 Å². The lowest BCUT2D eigenvalue weighted by Crippen LogP contribution is -2.07. The van der Waals surface area contributed by atoms with Gasteiger partial charge in [-0.1, -0.05) is 11.6 Å². The average Bonchev–Trinajstić information content (AvgIpc) is 1.98. The van der Waals surface area contributed by atoms with Crippen LogP contribution in [0.4, 0.5) is 5.69 Å². The number of amides is 1. The summed E-state index contributed by atoms with van der Waals surface area (Å²) in [5, 5.41) is 3.05. The Kier molecular flexibility index (Phi) is 3.28. The van der Waals surface area contributed by atoms with Crippen LogP contribution >= 0.6 is 34.2 Å². The molecule has 1 heterocycles. The van der Waals surface area contributed by atoms with E-state index in [2.05, 4.69) is 10.3 Å². The Balaban J connectivity index is 3.00. The molecule has 0 aliphatic heterocycles. The molecule has 1 aromatic rings. The minimum Gasteiger partial charge on any atom is -0.325 e. The zero-order valence-corrected chi connectivity index (χ0v) is 9.18. The molecule has 64 valence electrons. The SMILES string of the molecule is CC(=O)Nc1ccnc(Cl)c1I. The molecule has 0 aliphatic carbocycles. The van der Waals surface area contributed by atoms with Crippen LogP contribution in [0.15, 0.2) is 12.3 Å². The number of nitrogens with one attached hydrogen (secondary N) is 1. The van der Waals surface area contributed by atoms with Gasteiger partial charge in [-0.25, -0.2) is 4.98 Å². The molecule has 1 rings (SSSR count). The van der Waals surface area contributed by atoms with Crippen LogP contribution < -0.4 is 5.32 Å². The van der Waals surface area contributed by atoms with Crippen molar-refractivity contribution in [1.82, 2.24) is 4.98 Å². The molecule has 0 spiro atoms. The number of carbonyl (C=O) groups excluding carboxylic acids is 1. The molecule has 0 saturated carbocycles. The van der Waals surface area contributed by atoms with E-state index >= 15 is 0 Å². The van der Waals surface area contributed by atoms with Gasteiger partial charge >= 0.3 is 0 Å². The summed E-state index contributed by atoms with van der Waals surface area (Å²) in [6, 6.07) is 1.70. The maximum atomic E-state index is 10.7. The summed E-state index contributed by atoms with van der Waals surface area (Å²) in [6.07, 6.45) is 1.55. The number of hydrogen-bond acceptors (Lipinski definition) is 2. The van der Waals surface area contributed by atoms with Crippen LogP contribution in [0.5, 0.6) is 0 Å². The Morgan fingerprint density at radius 3 is 3.00 bits per heavy atom. The number of anilines is 1. The maximum Gasteiger partial charge on any atom is 0.221 e. The Morgan fingerprint density at radius 1 is 1.75 bits per heavy atom. The molecule has 0 fully saturated rings. The summed E-state index contributed by atoms with van der Waals surface area (Å²) in [5.74, 6) is -0.116. The van der Waals surface area contributed by atoms with Gasteiger partial charge in [-0.15, -0.1) is 0 Å². The molecule has 0 aliphatic rings. The number of hydrogen-bond donors (Lipinski definition) is 1. The van der Waals surface area contributed by atoms with Gasteiger partial charge in [-0.2, -0.15) is 0 Å². The fourth-order valence-corrected chi connectivity index (χ4v) is 1.32. The minimum absolute atomic E-state index is 0.116. The molecule has 1 aromatic heterocycles. The third-order valence-electron chi connectivity index (χ3n) is 1.16. The zero-order valence-electron chi connectivity index (χ0n) is 6.27. The van der Waals surface area contributed by atoms with Gasteiger partial charge in [0.1, 0.15) is 5.15 Å². The molecular formula is C7H6ClIN2O. The summed E-state index contributed by atoms with van der Waals surface area (Å²) >= 11 is 7.76.